The molecule has 0 bridgehead atoms. The van der Waals surface area contributed by atoms with Gasteiger partial charge < -0.3 is 10.6 Å². The molecule has 4 nitrogen and oxygen atoms in total. The molecule has 1 fully saturated rings. The third-order valence-electron chi connectivity index (χ3n) is 3.80. The van der Waals surface area contributed by atoms with Gasteiger partial charge in [0.2, 0.25) is 5.91 Å². The van der Waals surface area contributed by atoms with Crippen LogP contribution in [0.2, 0.25) is 0 Å². The summed E-state index contributed by atoms with van der Waals surface area (Å²) in [6.07, 6.45) is 2.26. The highest BCUT2D eigenvalue weighted by atomic mass is 16.2. The Bertz CT molecular complexity index is 249. The molecule has 18 heavy (non-hydrogen) atoms. The lowest BCUT2D eigenvalue weighted by Gasteiger charge is -2.28. The number of hydrogen-bond acceptors (Lipinski definition) is 3. The van der Waals surface area contributed by atoms with Crippen LogP contribution < -0.4 is 10.6 Å². The molecule has 0 aliphatic carbocycles. The van der Waals surface area contributed by atoms with Gasteiger partial charge >= 0.3 is 0 Å². The van der Waals surface area contributed by atoms with Crippen molar-refractivity contribution in [1.82, 2.24) is 15.5 Å². The zero-order chi connectivity index (χ0) is 13.5. The minimum Gasteiger partial charge on any atom is -0.352 e. The van der Waals surface area contributed by atoms with Gasteiger partial charge in [0, 0.05) is 18.6 Å². The van der Waals surface area contributed by atoms with E-state index >= 15 is 0 Å². The van der Waals surface area contributed by atoms with Crippen molar-refractivity contribution in [3.05, 3.63) is 0 Å². The molecule has 2 N–H and O–H groups in total. The second kappa shape index (κ2) is 7.74. The first-order chi connectivity index (χ1) is 8.54. The largest absolute Gasteiger partial charge is 0.352 e. The lowest BCUT2D eigenvalue weighted by atomic mass is 10.1. The number of nitrogens with zero attached hydrogens (tertiary/aromatic N) is 1. The van der Waals surface area contributed by atoms with Crippen molar-refractivity contribution in [2.75, 3.05) is 26.2 Å². The van der Waals surface area contributed by atoms with E-state index in [4.69, 9.17) is 0 Å². The molecule has 1 saturated heterocycles. The fourth-order valence-corrected chi connectivity index (χ4v) is 2.28. The van der Waals surface area contributed by atoms with E-state index in [-0.39, 0.29) is 11.9 Å². The molecule has 0 aromatic rings. The van der Waals surface area contributed by atoms with Gasteiger partial charge in [0.25, 0.3) is 0 Å². The van der Waals surface area contributed by atoms with Crippen molar-refractivity contribution < 1.29 is 4.79 Å². The van der Waals surface area contributed by atoms with Crippen molar-refractivity contribution in [2.45, 2.75) is 52.6 Å². The molecule has 2 unspecified atom stereocenters. The van der Waals surface area contributed by atoms with Gasteiger partial charge in [0.05, 0.1) is 6.54 Å². The van der Waals surface area contributed by atoms with E-state index in [1.165, 1.54) is 0 Å². The molecule has 4 heteroatoms. The lowest BCUT2D eigenvalue weighted by molar-refractivity contribution is -0.123. The molecule has 0 spiro atoms. The van der Waals surface area contributed by atoms with Crippen LogP contribution in [0, 0.1) is 5.92 Å². The van der Waals surface area contributed by atoms with E-state index in [2.05, 4.69) is 43.2 Å². The van der Waals surface area contributed by atoms with Gasteiger partial charge in [0.15, 0.2) is 0 Å². The summed E-state index contributed by atoms with van der Waals surface area (Å²) in [5, 5.41) is 6.46. The van der Waals surface area contributed by atoms with Crippen molar-refractivity contribution >= 4 is 5.91 Å². The molecular formula is C14H29N3O. The molecule has 1 aliphatic heterocycles. The number of carbonyl (C=O) groups excluding carboxylic acids is 1. The summed E-state index contributed by atoms with van der Waals surface area (Å²) < 4.78 is 0. The van der Waals surface area contributed by atoms with Crippen molar-refractivity contribution in [1.29, 1.82) is 0 Å². The molecule has 1 rings (SSSR count). The topological polar surface area (TPSA) is 44.4 Å². The molecule has 0 radical (unpaired) electrons. The Balaban J connectivity index is 2.42. The summed E-state index contributed by atoms with van der Waals surface area (Å²) in [5.74, 6) is 0.651. The first-order valence-corrected chi connectivity index (χ1v) is 7.28. The second-order valence-electron chi connectivity index (χ2n) is 5.72. The molecule has 1 aliphatic rings. The molecule has 106 valence electrons. The van der Waals surface area contributed by atoms with Crippen LogP contribution in [0.25, 0.3) is 0 Å². The highest BCUT2D eigenvalue weighted by Gasteiger charge is 2.24. The van der Waals surface area contributed by atoms with Crippen LogP contribution in [-0.2, 0) is 4.79 Å². The smallest absolute Gasteiger partial charge is 0.234 e. The first kappa shape index (κ1) is 15.4. The minimum absolute atomic E-state index is 0.163. The standard InChI is InChI=1S/C14H29N3O/c1-5-8-17(13-6-7-15-9-13)10-14(18)16-12(4)11(2)3/h11-13,15H,5-10H2,1-4H3,(H,16,18). The number of amides is 1. The van der Waals surface area contributed by atoms with Gasteiger partial charge in [-0.15, -0.1) is 0 Å². The van der Waals surface area contributed by atoms with Crippen LogP contribution >= 0.6 is 0 Å². The predicted molar refractivity (Wildman–Crippen MR) is 75.6 cm³/mol. The fourth-order valence-electron chi connectivity index (χ4n) is 2.28. The summed E-state index contributed by atoms with van der Waals surface area (Å²) in [6.45, 7) is 12.2. The molecule has 2 atom stereocenters. The van der Waals surface area contributed by atoms with Crippen molar-refractivity contribution in [3.8, 4) is 0 Å². The van der Waals surface area contributed by atoms with Crippen molar-refractivity contribution in [3.63, 3.8) is 0 Å². The second-order valence-corrected chi connectivity index (χ2v) is 5.72. The fraction of sp³-hybridized carbons (Fsp3) is 0.929. The van der Waals surface area contributed by atoms with Crippen LogP contribution in [0.3, 0.4) is 0 Å². The van der Waals surface area contributed by atoms with Gasteiger partial charge in [-0.3, -0.25) is 9.69 Å². The third kappa shape index (κ3) is 4.94. The van der Waals surface area contributed by atoms with Gasteiger partial charge in [-0.2, -0.15) is 0 Å². The van der Waals surface area contributed by atoms with E-state index in [1.807, 2.05) is 0 Å². The minimum atomic E-state index is 0.163. The number of nitrogens with one attached hydrogen (secondary N) is 2. The number of rotatable bonds is 7. The lowest BCUT2D eigenvalue weighted by Crippen LogP contribution is -2.47. The van der Waals surface area contributed by atoms with Gasteiger partial charge in [-0.05, 0) is 38.8 Å². The predicted octanol–water partition coefficient (Wildman–Crippen LogP) is 1.22. The SMILES string of the molecule is CCCN(CC(=O)NC(C)C(C)C)C1CCNC1. The Morgan fingerprint density at radius 1 is 1.44 bits per heavy atom. The summed E-state index contributed by atoms with van der Waals surface area (Å²) in [5.41, 5.74) is 0. The van der Waals surface area contributed by atoms with E-state index in [0.717, 1.165) is 32.5 Å². The quantitative estimate of drug-likeness (QED) is 0.719. The maximum atomic E-state index is 12.0. The van der Waals surface area contributed by atoms with Crippen LogP contribution in [0.5, 0.6) is 0 Å². The number of carbonyl (C=O) groups is 1. The number of hydrogen-bond donors (Lipinski definition) is 2. The highest BCUT2D eigenvalue weighted by Crippen LogP contribution is 2.09. The molecule has 0 saturated carbocycles. The highest BCUT2D eigenvalue weighted by molar-refractivity contribution is 5.78. The average molecular weight is 255 g/mol. The van der Waals surface area contributed by atoms with E-state index in [9.17, 15) is 4.79 Å². The Morgan fingerprint density at radius 2 is 2.17 bits per heavy atom. The van der Waals surface area contributed by atoms with Crippen molar-refractivity contribution in [2.24, 2.45) is 5.92 Å². The van der Waals surface area contributed by atoms with Crippen LogP contribution in [0.4, 0.5) is 0 Å². The first-order valence-electron chi connectivity index (χ1n) is 7.28. The molecular weight excluding hydrogens is 226 g/mol. The van der Waals surface area contributed by atoms with Crippen LogP contribution in [0.15, 0.2) is 0 Å². The Hall–Kier alpha value is -0.610. The normalized spacial score (nSPS) is 21.6. The monoisotopic (exact) mass is 255 g/mol. The molecule has 0 aromatic heterocycles. The van der Waals surface area contributed by atoms with Crippen LogP contribution in [0.1, 0.15) is 40.5 Å². The van der Waals surface area contributed by atoms with Gasteiger partial charge in [-0.25, -0.2) is 0 Å². The Morgan fingerprint density at radius 3 is 2.67 bits per heavy atom. The summed E-state index contributed by atoms with van der Waals surface area (Å²) in [6, 6.07) is 0.785. The third-order valence-corrected chi connectivity index (χ3v) is 3.80. The van der Waals surface area contributed by atoms with Gasteiger partial charge in [-0.1, -0.05) is 20.8 Å². The average Bonchev–Trinajstić information content (AvgIpc) is 2.81. The maximum Gasteiger partial charge on any atom is 0.234 e. The van der Waals surface area contributed by atoms with E-state index < -0.39 is 0 Å². The van der Waals surface area contributed by atoms with E-state index in [0.29, 0.717) is 18.5 Å². The Labute approximate surface area is 111 Å². The van der Waals surface area contributed by atoms with Gasteiger partial charge in [0.1, 0.15) is 0 Å². The summed E-state index contributed by atoms with van der Waals surface area (Å²) in [4.78, 5) is 14.3. The molecule has 0 aromatic carbocycles. The summed E-state index contributed by atoms with van der Waals surface area (Å²) in [7, 11) is 0. The Kier molecular flexibility index (Phi) is 6.65. The summed E-state index contributed by atoms with van der Waals surface area (Å²) >= 11 is 0. The zero-order valence-corrected chi connectivity index (χ0v) is 12.3. The molecule has 1 amide bonds. The molecule has 1 heterocycles. The van der Waals surface area contributed by atoms with Crippen LogP contribution in [-0.4, -0.2) is 49.1 Å². The zero-order valence-electron chi connectivity index (χ0n) is 12.3. The van der Waals surface area contributed by atoms with E-state index in [1.54, 1.807) is 0 Å². The maximum absolute atomic E-state index is 12.0.